The summed E-state index contributed by atoms with van der Waals surface area (Å²) < 4.78 is 11.2. The SMILES string of the molecule is CC(C)(COc1ccccc1Cl)NC(=O)C1C2CN(C(=O)OC(C)(C)C)CC21. The Balaban J connectivity index is 1.46. The standard InChI is InChI=1S/C21H29ClN2O4/c1-20(2,3)28-19(26)24-10-13-14(11-24)17(13)18(25)23-21(4,5)12-27-16-9-7-6-8-15(16)22/h6-9,13-14,17H,10-12H2,1-5H3,(H,23,25). The van der Waals surface area contributed by atoms with Crippen LogP contribution in [0.1, 0.15) is 34.6 Å². The Morgan fingerprint density at radius 3 is 2.32 bits per heavy atom. The van der Waals surface area contributed by atoms with E-state index in [4.69, 9.17) is 21.1 Å². The smallest absolute Gasteiger partial charge is 0.410 e. The van der Waals surface area contributed by atoms with Gasteiger partial charge < -0.3 is 19.7 Å². The van der Waals surface area contributed by atoms with E-state index in [0.717, 1.165) is 0 Å². The monoisotopic (exact) mass is 408 g/mol. The molecule has 1 heterocycles. The number of benzene rings is 1. The molecule has 1 N–H and O–H groups in total. The number of rotatable bonds is 5. The van der Waals surface area contributed by atoms with Gasteiger partial charge in [0.05, 0.1) is 10.6 Å². The number of carbonyl (C=O) groups excluding carboxylic acids is 2. The quantitative estimate of drug-likeness (QED) is 0.806. The van der Waals surface area contributed by atoms with Crippen LogP contribution < -0.4 is 10.1 Å². The zero-order chi connectivity index (χ0) is 20.7. The second kappa shape index (κ2) is 7.47. The summed E-state index contributed by atoms with van der Waals surface area (Å²) in [4.78, 5) is 26.6. The fourth-order valence-corrected chi connectivity index (χ4v) is 3.85. The Bertz CT molecular complexity index is 747. The van der Waals surface area contributed by atoms with E-state index in [1.165, 1.54) is 0 Å². The van der Waals surface area contributed by atoms with Crippen LogP contribution in [0.5, 0.6) is 5.75 Å². The topological polar surface area (TPSA) is 67.9 Å². The van der Waals surface area contributed by atoms with Crippen molar-refractivity contribution in [1.82, 2.24) is 10.2 Å². The van der Waals surface area contributed by atoms with Crippen LogP contribution in [0.2, 0.25) is 5.02 Å². The summed E-state index contributed by atoms with van der Waals surface area (Å²) in [5.74, 6) is 1.01. The van der Waals surface area contributed by atoms with Crippen molar-refractivity contribution >= 4 is 23.6 Å². The number of piperidine rings is 1. The highest BCUT2D eigenvalue weighted by atomic mass is 35.5. The Kier molecular flexibility index (Phi) is 5.54. The molecule has 0 spiro atoms. The maximum absolute atomic E-state index is 12.7. The Morgan fingerprint density at radius 1 is 1.14 bits per heavy atom. The lowest BCUT2D eigenvalue weighted by Gasteiger charge is -2.28. The molecule has 0 bridgehead atoms. The third-order valence-corrected chi connectivity index (χ3v) is 5.35. The molecule has 1 aromatic rings. The third-order valence-electron chi connectivity index (χ3n) is 5.04. The van der Waals surface area contributed by atoms with Gasteiger partial charge in [0, 0.05) is 19.0 Å². The highest BCUT2D eigenvalue weighted by Gasteiger charge is 2.61. The summed E-state index contributed by atoms with van der Waals surface area (Å²) in [6.45, 7) is 10.9. The van der Waals surface area contributed by atoms with Crippen LogP contribution in [0.15, 0.2) is 24.3 Å². The van der Waals surface area contributed by atoms with Crippen molar-refractivity contribution in [2.24, 2.45) is 17.8 Å². The summed E-state index contributed by atoms with van der Waals surface area (Å²) in [6, 6.07) is 7.27. The van der Waals surface area contributed by atoms with Crippen molar-refractivity contribution in [2.45, 2.75) is 45.8 Å². The fourth-order valence-electron chi connectivity index (χ4n) is 3.66. The highest BCUT2D eigenvalue weighted by molar-refractivity contribution is 6.32. The highest BCUT2D eigenvalue weighted by Crippen LogP contribution is 2.52. The molecular weight excluding hydrogens is 380 g/mol. The van der Waals surface area contributed by atoms with E-state index in [9.17, 15) is 9.59 Å². The van der Waals surface area contributed by atoms with Crippen LogP contribution in [-0.2, 0) is 9.53 Å². The minimum absolute atomic E-state index is 0.0200. The first-order valence-corrected chi connectivity index (χ1v) is 10.0. The lowest BCUT2D eigenvalue weighted by atomic mass is 10.1. The van der Waals surface area contributed by atoms with Gasteiger partial charge >= 0.3 is 6.09 Å². The summed E-state index contributed by atoms with van der Waals surface area (Å²) >= 11 is 6.11. The number of ether oxygens (including phenoxy) is 2. The molecule has 6 nitrogen and oxygen atoms in total. The molecule has 2 unspecified atom stereocenters. The molecule has 0 radical (unpaired) electrons. The second-order valence-electron chi connectivity index (χ2n) is 9.33. The number of para-hydroxylation sites is 1. The van der Waals surface area contributed by atoms with Crippen LogP contribution in [-0.4, -0.2) is 47.7 Å². The van der Waals surface area contributed by atoms with Gasteiger partial charge in [0.1, 0.15) is 18.0 Å². The van der Waals surface area contributed by atoms with Gasteiger partial charge in [-0.05, 0) is 58.6 Å². The zero-order valence-electron chi connectivity index (χ0n) is 17.1. The molecule has 1 aliphatic heterocycles. The van der Waals surface area contributed by atoms with E-state index in [1.54, 1.807) is 17.0 Å². The molecule has 7 heteroatoms. The third kappa shape index (κ3) is 4.90. The molecule has 2 atom stereocenters. The van der Waals surface area contributed by atoms with Crippen molar-refractivity contribution in [3.05, 3.63) is 29.3 Å². The lowest BCUT2D eigenvalue weighted by molar-refractivity contribution is -0.125. The number of halogens is 1. The van der Waals surface area contributed by atoms with Crippen LogP contribution in [0.3, 0.4) is 0 Å². The molecule has 0 aromatic heterocycles. The van der Waals surface area contributed by atoms with Gasteiger partial charge in [-0.15, -0.1) is 0 Å². The predicted octanol–water partition coefficient (Wildman–Crippen LogP) is 3.73. The van der Waals surface area contributed by atoms with Crippen LogP contribution in [0.25, 0.3) is 0 Å². The number of hydrogen-bond acceptors (Lipinski definition) is 4. The van der Waals surface area contributed by atoms with Crippen LogP contribution >= 0.6 is 11.6 Å². The molecule has 28 heavy (non-hydrogen) atoms. The van der Waals surface area contributed by atoms with E-state index >= 15 is 0 Å². The van der Waals surface area contributed by atoms with Crippen molar-refractivity contribution in [2.75, 3.05) is 19.7 Å². The Morgan fingerprint density at radius 2 is 1.75 bits per heavy atom. The van der Waals surface area contributed by atoms with E-state index in [0.29, 0.717) is 30.5 Å². The average Bonchev–Trinajstić information content (AvgIpc) is 3.07. The molecule has 3 rings (SSSR count). The number of nitrogens with one attached hydrogen (secondary N) is 1. The van der Waals surface area contributed by atoms with Gasteiger partial charge in [-0.1, -0.05) is 23.7 Å². The summed E-state index contributed by atoms with van der Waals surface area (Å²) in [5.41, 5.74) is -1.04. The second-order valence-corrected chi connectivity index (χ2v) is 9.74. The van der Waals surface area contributed by atoms with Crippen molar-refractivity contribution in [3.8, 4) is 5.75 Å². The first-order chi connectivity index (χ1) is 13.0. The molecule has 154 valence electrons. The molecule has 1 saturated heterocycles. The van der Waals surface area contributed by atoms with Crippen molar-refractivity contribution in [3.63, 3.8) is 0 Å². The number of fused-ring (bicyclic) bond motifs is 1. The van der Waals surface area contributed by atoms with Gasteiger partial charge in [-0.2, -0.15) is 0 Å². The van der Waals surface area contributed by atoms with Crippen LogP contribution in [0.4, 0.5) is 4.79 Å². The van der Waals surface area contributed by atoms with Gasteiger partial charge in [0.25, 0.3) is 0 Å². The molecule has 2 aliphatic rings. The normalized spacial score (nSPS) is 23.8. The van der Waals surface area contributed by atoms with E-state index in [2.05, 4.69) is 5.32 Å². The first-order valence-electron chi connectivity index (χ1n) is 9.64. The Hall–Kier alpha value is -1.95. The molecule has 1 aliphatic carbocycles. The number of carbonyl (C=O) groups is 2. The minimum atomic E-state index is -0.530. The van der Waals surface area contributed by atoms with Crippen molar-refractivity contribution in [1.29, 1.82) is 0 Å². The maximum Gasteiger partial charge on any atom is 0.410 e. The lowest BCUT2D eigenvalue weighted by Crippen LogP contribution is -2.49. The maximum atomic E-state index is 12.7. The van der Waals surface area contributed by atoms with E-state index < -0.39 is 11.1 Å². The minimum Gasteiger partial charge on any atom is -0.490 e. The molecule has 2 amide bonds. The zero-order valence-corrected chi connectivity index (χ0v) is 17.9. The van der Waals surface area contributed by atoms with Crippen LogP contribution in [0, 0.1) is 17.8 Å². The molecular formula is C21H29ClN2O4. The molecule has 2 fully saturated rings. The molecule has 1 aromatic carbocycles. The van der Waals surface area contributed by atoms with Gasteiger partial charge in [0.2, 0.25) is 5.91 Å². The number of amides is 2. The predicted molar refractivity (Wildman–Crippen MR) is 107 cm³/mol. The summed E-state index contributed by atoms with van der Waals surface area (Å²) in [6.07, 6.45) is -0.299. The van der Waals surface area contributed by atoms with Gasteiger partial charge in [-0.25, -0.2) is 4.79 Å². The van der Waals surface area contributed by atoms with Gasteiger partial charge in [0.15, 0.2) is 0 Å². The summed E-state index contributed by atoms with van der Waals surface area (Å²) in [7, 11) is 0. The summed E-state index contributed by atoms with van der Waals surface area (Å²) in [5, 5.41) is 3.62. The van der Waals surface area contributed by atoms with Crippen molar-refractivity contribution < 1.29 is 19.1 Å². The average molecular weight is 409 g/mol. The van der Waals surface area contributed by atoms with E-state index in [-0.39, 0.29) is 29.8 Å². The largest absolute Gasteiger partial charge is 0.490 e. The molecule has 1 saturated carbocycles. The number of hydrogen-bond donors (Lipinski definition) is 1. The van der Waals surface area contributed by atoms with E-state index in [1.807, 2.05) is 46.8 Å². The number of nitrogens with zero attached hydrogens (tertiary/aromatic N) is 1. The van der Waals surface area contributed by atoms with Gasteiger partial charge in [-0.3, -0.25) is 4.79 Å². The Labute approximate surface area is 171 Å². The fraction of sp³-hybridized carbons (Fsp3) is 0.619. The number of likely N-dealkylation sites (tertiary alicyclic amines) is 1. The first kappa shape index (κ1) is 20.8.